The molecule has 0 unspecified atom stereocenters. The van der Waals surface area contributed by atoms with Crippen LogP contribution < -0.4 is 57.1 Å². The summed E-state index contributed by atoms with van der Waals surface area (Å²) >= 11 is 0. The van der Waals surface area contributed by atoms with Crippen molar-refractivity contribution in [3.8, 4) is 0 Å². The Morgan fingerprint density at radius 2 is 1.14 bits per heavy atom. The zero-order chi connectivity index (χ0) is 11.4. The minimum absolute atomic E-state index is 0. The number of aliphatic carboxylic acids is 3. The van der Waals surface area contributed by atoms with Gasteiger partial charge in [0.05, 0.1) is 6.54 Å². The van der Waals surface area contributed by atoms with E-state index in [0.29, 0.717) is 0 Å². The summed E-state index contributed by atoms with van der Waals surface area (Å²) in [6.07, 6.45) is 0. The maximum Gasteiger partial charge on any atom is 1.00 e. The molecule has 0 radical (unpaired) electrons. The molecule has 0 rings (SSSR count). The quantitative estimate of drug-likeness (QED) is 0.343. The summed E-state index contributed by atoms with van der Waals surface area (Å²) < 4.78 is 0. The van der Waals surface area contributed by atoms with Gasteiger partial charge in [0.1, 0.15) is 0 Å². The Labute approximate surface area is 125 Å². The monoisotopic (exact) mass is 235 g/mol. The number of nitrogens with two attached hydrogens (primary N) is 1. The molecular formula is C6H14KNO6. The third-order valence-corrected chi connectivity index (χ3v) is 0.175. The standard InChI is InChI=1S/C2H5NO2.2C2H4O2.K.H/c3-1-2(4)5;2*1-2(3)4;;/h1,3H2,(H,4,5);2*1H3,(H,3,4);;/q;;;+1;-1. The van der Waals surface area contributed by atoms with Crippen LogP contribution in [0.3, 0.4) is 0 Å². The second kappa shape index (κ2) is 18.7. The van der Waals surface area contributed by atoms with Gasteiger partial charge in [0, 0.05) is 13.8 Å². The van der Waals surface area contributed by atoms with Gasteiger partial charge in [-0.25, -0.2) is 0 Å². The molecule has 14 heavy (non-hydrogen) atoms. The molecule has 0 fully saturated rings. The van der Waals surface area contributed by atoms with E-state index in [4.69, 9.17) is 24.9 Å². The minimum Gasteiger partial charge on any atom is -1.00 e. The van der Waals surface area contributed by atoms with Gasteiger partial charge >= 0.3 is 57.4 Å². The van der Waals surface area contributed by atoms with Gasteiger partial charge in [0.2, 0.25) is 0 Å². The average molecular weight is 235 g/mol. The van der Waals surface area contributed by atoms with Gasteiger partial charge in [-0.05, 0) is 0 Å². The molecule has 0 bridgehead atoms. The Hall–Kier alpha value is 0.00636. The van der Waals surface area contributed by atoms with Crippen molar-refractivity contribution in [1.29, 1.82) is 0 Å². The number of carboxylic acids is 3. The maximum atomic E-state index is 9.24. The Balaban J connectivity index is -0.0000000315. The Morgan fingerprint density at radius 1 is 1.07 bits per heavy atom. The molecule has 0 aromatic rings. The van der Waals surface area contributed by atoms with Gasteiger partial charge in [-0.15, -0.1) is 0 Å². The van der Waals surface area contributed by atoms with Crippen LogP contribution in [0.25, 0.3) is 0 Å². The van der Waals surface area contributed by atoms with Crippen LogP contribution in [-0.2, 0) is 14.4 Å². The van der Waals surface area contributed by atoms with Crippen molar-refractivity contribution in [2.45, 2.75) is 13.8 Å². The molecule has 0 heterocycles. The number of carbonyl (C=O) groups is 3. The van der Waals surface area contributed by atoms with E-state index in [-0.39, 0.29) is 59.4 Å². The SMILES string of the molecule is CC(=O)O.CC(=O)O.NCC(=O)O.[H-].[K+]. The molecule has 0 saturated heterocycles. The van der Waals surface area contributed by atoms with Crippen molar-refractivity contribution in [3.05, 3.63) is 0 Å². The summed E-state index contributed by atoms with van der Waals surface area (Å²) in [5.41, 5.74) is 4.57. The predicted octanol–water partition coefficient (Wildman–Crippen LogP) is -3.67. The zero-order valence-electron chi connectivity index (χ0n) is 9.35. The van der Waals surface area contributed by atoms with Gasteiger partial charge in [-0.1, -0.05) is 0 Å². The minimum atomic E-state index is -0.968. The van der Waals surface area contributed by atoms with E-state index in [1.54, 1.807) is 0 Å². The third-order valence-electron chi connectivity index (χ3n) is 0.175. The maximum absolute atomic E-state index is 9.24. The molecule has 80 valence electrons. The molecule has 7 nitrogen and oxygen atoms in total. The first-order valence-corrected chi connectivity index (χ1v) is 3.04. The second-order valence-electron chi connectivity index (χ2n) is 1.64. The van der Waals surface area contributed by atoms with Crippen molar-refractivity contribution in [1.82, 2.24) is 0 Å². The van der Waals surface area contributed by atoms with Crippen LogP contribution in [0.1, 0.15) is 15.3 Å². The van der Waals surface area contributed by atoms with Gasteiger partial charge in [0.15, 0.2) is 0 Å². The van der Waals surface area contributed by atoms with Crippen LogP contribution in [-0.4, -0.2) is 39.8 Å². The molecule has 0 aliphatic carbocycles. The number of rotatable bonds is 1. The Morgan fingerprint density at radius 3 is 1.14 bits per heavy atom. The van der Waals surface area contributed by atoms with Gasteiger partial charge < -0.3 is 22.5 Å². The molecule has 0 aliphatic rings. The molecule has 8 heteroatoms. The average Bonchev–Trinajstić information content (AvgIpc) is 1.84. The molecule has 0 saturated carbocycles. The molecule has 0 spiro atoms. The summed E-state index contributed by atoms with van der Waals surface area (Å²) in [5.74, 6) is -2.63. The first kappa shape index (κ1) is 23.7. The molecule has 0 aromatic heterocycles. The van der Waals surface area contributed by atoms with Crippen LogP contribution in [0.4, 0.5) is 0 Å². The van der Waals surface area contributed by atoms with E-state index in [1.165, 1.54) is 0 Å². The van der Waals surface area contributed by atoms with Crippen LogP contribution >= 0.6 is 0 Å². The first-order chi connectivity index (χ1) is 5.73. The summed E-state index contributed by atoms with van der Waals surface area (Å²) in [7, 11) is 0. The summed E-state index contributed by atoms with van der Waals surface area (Å²) in [6.45, 7) is 1.89. The summed E-state index contributed by atoms with van der Waals surface area (Å²) in [5, 5.41) is 22.4. The number of hydrogen-bond acceptors (Lipinski definition) is 4. The van der Waals surface area contributed by atoms with E-state index in [0.717, 1.165) is 13.8 Å². The molecule has 0 atom stereocenters. The summed E-state index contributed by atoms with van der Waals surface area (Å²) in [4.78, 5) is 27.2. The molecule has 5 N–H and O–H groups in total. The predicted molar refractivity (Wildman–Crippen MR) is 44.4 cm³/mol. The van der Waals surface area contributed by atoms with Crippen molar-refractivity contribution < 1.29 is 82.5 Å². The largest absolute Gasteiger partial charge is 1.00 e. The van der Waals surface area contributed by atoms with E-state index in [9.17, 15) is 4.79 Å². The topological polar surface area (TPSA) is 138 Å². The van der Waals surface area contributed by atoms with E-state index < -0.39 is 17.9 Å². The van der Waals surface area contributed by atoms with Gasteiger partial charge in [0.25, 0.3) is 11.9 Å². The molecular weight excluding hydrogens is 221 g/mol. The third kappa shape index (κ3) is 361. The van der Waals surface area contributed by atoms with Crippen LogP contribution in [0.2, 0.25) is 0 Å². The number of hydrogen-bond donors (Lipinski definition) is 4. The fraction of sp³-hybridized carbons (Fsp3) is 0.500. The molecule has 0 aromatic carbocycles. The van der Waals surface area contributed by atoms with Crippen LogP contribution in [0, 0.1) is 0 Å². The smallest absolute Gasteiger partial charge is 1.00 e. The first-order valence-electron chi connectivity index (χ1n) is 3.04. The molecule has 0 aliphatic heterocycles. The second-order valence-corrected chi connectivity index (χ2v) is 1.64. The fourth-order valence-corrected chi connectivity index (χ4v) is 0. The summed E-state index contributed by atoms with van der Waals surface area (Å²) in [6, 6.07) is 0. The van der Waals surface area contributed by atoms with Crippen LogP contribution in [0.5, 0.6) is 0 Å². The van der Waals surface area contributed by atoms with Crippen LogP contribution in [0.15, 0.2) is 0 Å². The number of carboxylic acid groups (broad SMARTS) is 3. The van der Waals surface area contributed by atoms with Crippen molar-refractivity contribution >= 4 is 17.9 Å². The van der Waals surface area contributed by atoms with E-state index in [1.807, 2.05) is 0 Å². The van der Waals surface area contributed by atoms with Gasteiger partial charge in [-0.3, -0.25) is 14.4 Å². The fourth-order valence-electron chi connectivity index (χ4n) is 0. The molecule has 0 amide bonds. The van der Waals surface area contributed by atoms with Crippen molar-refractivity contribution in [2.24, 2.45) is 5.73 Å². The van der Waals surface area contributed by atoms with Crippen molar-refractivity contribution in [3.63, 3.8) is 0 Å². The normalized spacial score (nSPS) is 6.21. The van der Waals surface area contributed by atoms with E-state index >= 15 is 0 Å². The zero-order valence-corrected chi connectivity index (χ0v) is 11.5. The van der Waals surface area contributed by atoms with Crippen molar-refractivity contribution in [2.75, 3.05) is 6.54 Å². The van der Waals surface area contributed by atoms with Gasteiger partial charge in [-0.2, -0.15) is 0 Å². The van der Waals surface area contributed by atoms with E-state index in [2.05, 4.69) is 5.73 Å². The Bertz CT molecular complexity index is 157. The Kier molecular flexibility index (Phi) is 31.7.